The molecule has 2 aliphatic carbocycles. The topological polar surface area (TPSA) is 102 Å². The standard InChI is InChI=1S/C20H22N6O3S/c1-29-18(27)16-15(11-30-20-22-23-24-26(20)14-9-10-14)25(13-7-8-13)19(28)21-17(16)12-5-3-2-4-6-12/h2-6,13-14,17H,7-11H2,1H3,(H,21,28). The highest BCUT2D eigenvalue weighted by Crippen LogP contribution is 2.41. The Hall–Kier alpha value is -2.88. The van der Waals surface area contributed by atoms with Gasteiger partial charge in [0.25, 0.3) is 0 Å². The predicted molar refractivity (Wildman–Crippen MR) is 108 cm³/mol. The van der Waals surface area contributed by atoms with E-state index in [4.69, 9.17) is 4.74 Å². The predicted octanol–water partition coefficient (Wildman–Crippen LogP) is 2.46. The Morgan fingerprint density at radius 1 is 1.20 bits per heavy atom. The van der Waals surface area contributed by atoms with Gasteiger partial charge in [0.15, 0.2) is 0 Å². The minimum Gasteiger partial charge on any atom is -0.466 e. The van der Waals surface area contributed by atoms with E-state index in [1.165, 1.54) is 18.9 Å². The van der Waals surface area contributed by atoms with Crippen LogP contribution in [0.3, 0.4) is 0 Å². The first-order valence-electron chi connectivity index (χ1n) is 10.0. The summed E-state index contributed by atoms with van der Waals surface area (Å²) in [5.74, 6) is -0.0305. The van der Waals surface area contributed by atoms with Crippen molar-refractivity contribution in [2.24, 2.45) is 0 Å². The number of benzene rings is 1. The van der Waals surface area contributed by atoms with Gasteiger partial charge in [0.2, 0.25) is 5.16 Å². The van der Waals surface area contributed by atoms with Crippen LogP contribution in [0.5, 0.6) is 0 Å². The summed E-state index contributed by atoms with van der Waals surface area (Å²) >= 11 is 1.45. The normalized spacial score (nSPS) is 21.6. The molecule has 2 heterocycles. The molecule has 1 aromatic heterocycles. The maximum atomic E-state index is 13.0. The molecule has 0 radical (unpaired) electrons. The van der Waals surface area contributed by atoms with E-state index in [9.17, 15) is 9.59 Å². The van der Waals surface area contributed by atoms with Crippen LogP contribution in [0.25, 0.3) is 0 Å². The smallest absolute Gasteiger partial charge is 0.338 e. The Kier molecular flexibility index (Phi) is 4.93. The minimum atomic E-state index is -0.559. The molecule has 1 N–H and O–H groups in total. The van der Waals surface area contributed by atoms with Crippen LogP contribution in [0, 0.1) is 0 Å². The van der Waals surface area contributed by atoms with Crippen LogP contribution in [-0.2, 0) is 9.53 Å². The third-order valence-electron chi connectivity index (χ3n) is 5.52. The van der Waals surface area contributed by atoms with Crippen molar-refractivity contribution in [3.05, 3.63) is 47.2 Å². The van der Waals surface area contributed by atoms with Crippen LogP contribution < -0.4 is 5.32 Å². The lowest BCUT2D eigenvalue weighted by Gasteiger charge is -2.36. The van der Waals surface area contributed by atoms with Gasteiger partial charge in [0, 0.05) is 17.5 Å². The number of tetrazole rings is 1. The zero-order valence-electron chi connectivity index (χ0n) is 16.5. The SMILES string of the molecule is COC(=O)C1=C(CSc2nnnn2C2CC2)N(C2CC2)C(=O)NC1c1ccccc1. The Morgan fingerprint density at radius 2 is 1.93 bits per heavy atom. The van der Waals surface area contributed by atoms with E-state index in [1.54, 1.807) is 4.90 Å². The molecule has 2 aromatic rings. The Labute approximate surface area is 177 Å². The average Bonchev–Trinajstić information content (AvgIpc) is 3.71. The maximum Gasteiger partial charge on any atom is 0.338 e. The fourth-order valence-corrected chi connectivity index (χ4v) is 4.73. The molecule has 1 atom stereocenters. The number of esters is 1. The van der Waals surface area contributed by atoms with Gasteiger partial charge in [-0.05, 0) is 41.7 Å². The van der Waals surface area contributed by atoms with Crippen molar-refractivity contribution in [1.29, 1.82) is 0 Å². The van der Waals surface area contributed by atoms with Gasteiger partial charge >= 0.3 is 12.0 Å². The molecular weight excluding hydrogens is 404 g/mol. The molecular formula is C20H22N6O3S. The Balaban J connectivity index is 1.54. The van der Waals surface area contributed by atoms with Gasteiger partial charge < -0.3 is 10.1 Å². The van der Waals surface area contributed by atoms with Gasteiger partial charge in [-0.2, -0.15) is 0 Å². The lowest BCUT2D eigenvalue weighted by Crippen LogP contribution is -2.50. The van der Waals surface area contributed by atoms with Crippen LogP contribution in [0.1, 0.15) is 43.3 Å². The van der Waals surface area contributed by atoms with Crippen molar-refractivity contribution in [2.75, 3.05) is 12.9 Å². The van der Waals surface area contributed by atoms with E-state index < -0.39 is 12.0 Å². The van der Waals surface area contributed by atoms with Crippen LogP contribution in [0.4, 0.5) is 4.79 Å². The summed E-state index contributed by atoms with van der Waals surface area (Å²) in [6.07, 6.45) is 3.99. The highest BCUT2D eigenvalue weighted by atomic mass is 32.2. The molecule has 2 amide bonds. The molecule has 30 heavy (non-hydrogen) atoms. The number of aromatic nitrogens is 4. The van der Waals surface area contributed by atoms with E-state index in [-0.39, 0.29) is 12.1 Å². The number of amides is 2. The molecule has 0 saturated heterocycles. The van der Waals surface area contributed by atoms with Crippen molar-refractivity contribution < 1.29 is 14.3 Å². The highest BCUT2D eigenvalue weighted by molar-refractivity contribution is 7.99. The Bertz CT molecular complexity index is 999. The van der Waals surface area contributed by atoms with Gasteiger partial charge in [-0.3, -0.25) is 4.90 Å². The summed E-state index contributed by atoms with van der Waals surface area (Å²) in [5.41, 5.74) is 1.98. The van der Waals surface area contributed by atoms with Crippen molar-refractivity contribution >= 4 is 23.8 Å². The van der Waals surface area contributed by atoms with E-state index in [2.05, 4.69) is 20.8 Å². The third kappa shape index (κ3) is 3.55. The summed E-state index contributed by atoms with van der Waals surface area (Å²) in [5, 5.41) is 15.7. The molecule has 0 bridgehead atoms. The summed E-state index contributed by atoms with van der Waals surface area (Å²) in [4.78, 5) is 27.7. The molecule has 3 aliphatic rings. The lowest BCUT2D eigenvalue weighted by atomic mass is 9.95. The first kappa shape index (κ1) is 19.1. The quantitative estimate of drug-likeness (QED) is 0.536. The molecule has 10 heteroatoms. The molecule has 2 saturated carbocycles. The molecule has 2 fully saturated rings. The van der Waals surface area contributed by atoms with Crippen molar-refractivity contribution in [1.82, 2.24) is 30.4 Å². The second kappa shape index (κ2) is 7.75. The first-order valence-corrected chi connectivity index (χ1v) is 11.0. The van der Waals surface area contributed by atoms with E-state index in [0.29, 0.717) is 28.2 Å². The van der Waals surface area contributed by atoms with Gasteiger partial charge in [-0.15, -0.1) is 5.10 Å². The van der Waals surface area contributed by atoms with Crippen LogP contribution in [0.15, 0.2) is 46.8 Å². The number of hydrogen-bond donors (Lipinski definition) is 1. The van der Waals surface area contributed by atoms with E-state index in [1.807, 2.05) is 35.0 Å². The molecule has 1 aliphatic heterocycles. The molecule has 1 unspecified atom stereocenters. The zero-order chi connectivity index (χ0) is 20.7. The summed E-state index contributed by atoms with van der Waals surface area (Å²) < 4.78 is 6.97. The largest absolute Gasteiger partial charge is 0.466 e. The van der Waals surface area contributed by atoms with Crippen molar-refractivity contribution in [2.45, 2.75) is 49.0 Å². The van der Waals surface area contributed by atoms with Gasteiger partial charge in [-0.25, -0.2) is 14.3 Å². The number of carbonyl (C=O) groups is 2. The molecule has 1 aromatic carbocycles. The first-order chi connectivity index (χ1) is 14.7. The van der Waals surface area contributed by atoms with Crippen molar-refractivity contribution in [3.63, 3.8) is 0 Å². The highest BCUT2D eigenvalue weighted by Gasteiger charge is 2.44. The van der Waals surface area contributed by atoms with E-state index >= 15 is 0 Å². The number of ether oxygens (including phenoxy) is 1. The van der Waals surface area contributed by atoms with Gasteiger partial charge in [0.05, 0.1) is 24.8 Å². The average molecular weight is 427 g/mol. The van der Waals surface area contributed by atoms with Crippen LogP contribution in [-0.4, -0.2) is 56.0 Å². The number of hydrogen-bond acceptors (Lipinski definition) is 7. The minimum absolute atomic E-state index is 0.108. The maximum absolute atomic E-state index is 13.0. The fourth-order valence-electron chi connectivity index (χ4n) is 3.75. The molecule has 5 rings (SSSR count). The molecule has 9 nitrogen and oxygen atoms in total. The number of urea groups is 1. The molecule has 156 valence electrons. The van der Waals surface area contributed by atoms with Gasteiger partial charge in [-0.1, -0.05) is 42.1 Å². The summed E-state index contributed by atoms with van der Waals surface area (Å²) in [6, 6.07) is 9.20. The second-order valence-corrected chi connectivity index (χ2v) is 8.61. The number of nitrogens with zero attached hydrogens (tertiary/aromatic N) is 5. The monoisotopic (exact) mass is 426 g/mol. The van der Waals surface area contributed by atoms with Gasteiger partial charge in [0.1, 0.15) is 0 Å². The number of methoxy groups -OCH3 is 1. The Morgan fingerprint density at radius 3 is 2.60 bits per heavy atom. The second-order valence-electron chi connectivity index (χ2n) is 7.67. The lowest BCUT2D eigenvalue weighted by molar-refractivity contribution is -0.136. The van der Waals surface area contributed by atoms with Crippen LogP contribution in [0.2, 0.25) is 0 Å². The molecule has 0 spiro atoms. The zero-order valence-corrected chi connectivity index (χ0v) is 17.3. The van der Waals surface area contributed by atoms with Crippen molar-refractivity contribution in [3.8, 4) is 0 Å². The summed E-state index contributed by atoms with van der Waals surface area (Å²) in [6.45, 7) is 0. The van der Waals surface area contributed by atoms with Crippen LogP contribution >= 0.6 is 11.8 Å². The summed E-state index contributed by atoms with van der Waals surface area (Å²) in [7, 11) is 1.37. The number of thioether (sulfide) groups is 1. The number of carbonyl (C=O) groups excluding carboxylic acids is 2. The van der Waals surface area contributed by atoms with E-state index in [0.717, 1.165) is 31.2 Å². The third-order valence-corrected chi connectivity index (χ3v) is 6.47. The fraction of sp³-hybridized carbons (Fsp3) is 0.450. The number of nitrogens with one attached hydrogen (secondary N) is 1. The number of rotatable bonds is 7.